The summed E-state index contributed by atoms with van der Waals surface area (Å²) in [6.45, 7) is 3.23. The number of nitrogens with zero attached hydrogens (tertiary/aromatic N) is 2. The molecule has 0 saturated carbocycles. The fourth-order valence-electron chi connectivity index (χ4n) is 3.26. The minimum atomic E-state index is 0. The van der Waals surface area contributed by atoms with E-state index in [9.17, 15) is 4.79 Å². The van der Waals surface area contributed by atoms with Crippen LogP contribution in [0.1, 0.15) is 24.8 Å². The van der Waals surface area contributed by atoms with E-state index in [0.29, 0.717) is 25.6 Å². The van der Waals surface area contributed by atoms with Gasteiger partial charge in [-0.25, -0.2) is 0 Å². The first-order chi connectivity index (χ1) is 13.7. The van der Waals surface area contributed by atoms with Gasteiger partial charge in [0.2, 0.25) is 5.91 Å². The molecular weight excluding hydrogens is 497 g/mol. The van der Waals surface area contributed by atoms with Crippen LogP contribution in [0.4, 0.5) is 5.00 Å². The molecule has 8 heteroatoms. The number of anilines is 1. The van der Waals surface area contributed by atoms with Crippen molar-refractivity contribution in [2.75, 3.05) is 31.6 Å². The predicted octanol–water partition coefficient (Wildman–Crippen LogP) is 3.21. The average Bonchev–Trinajstić information content (AvgIpc) is 3.27. The van der Waals surface area contributed by atoms with Crippen LogP contribution in [0.15, 0.2) is 52.8 Å². The third-order valence-corrected chi connectivity index (χ3v) is 5.78. The van der Waals surface area contributed by atoms with Crippen molar-refractivity contribution in [1.82, 2.24) is 16.0 Å². The molecular formula is C21H30IN5OS. The van der Waals surface area contributed by atoms with E-state index in [1.807, 2.05) is 30.3 Å². The third kappa shape index (κ3) is 7.85. The first kappa shape index (κ1) is 23.5. The fraction of sp³-hybridized carbons (Fsp3) is 0.429. The molecule has 0 atom stereocenters. The fourth-order valence-corrected chi connectivity index (χ4v) is 4.05. The molecule has 0 aliphatic carbocycles. The van der Waals surface area contributed by atoms with E-state index in [2.05, 4.69) is 43.4 Å². The Hall–Kier alpha value is -1.81. The Morgan fingerprint density at radius 2 is 1.90 bits per heavy atom. The number of carbonyl (C=O) groups is 1. The molecule has 1 aromatic carbocycles. The van der Waals surface area contributed by atoms with E-state index in [1.165, 1.54) is 5.00 Å². The molecule has 1 aliphatic heterocycles. The number of thiophene rings is 1. The lowest BCUT2D eigenvalue weighted by Gasteiger charge is -2.33. The van der Waals surface area contributed by atoms with Crippen LogP contribution >= 0.6 is 35.3 Å². The van der Waals surface area contributed by atoms with Gasteiger partial charge in [0.15, 0.2) is 5.96 Å². The third-order valence-electron chi connectivity index (χ3n) is 4.85. The van der Waals surface area contributed by atoms with Gasteiger partial charge in [-0.1, -0.05) is 30.3 Å². The maximum Gasteiger partial charge on any atom is 0.222 e. The molecule has 1 saturated heterocycles. The number of nitrogens with one attached hydrogen (secondary N) is 3. The SMILES string of the molecule is CN=C(NCCC(=O)NCc1ccccc1)NC1CCN(c2cccs2)CC1.I. The van der Waals surface area contributed by atoms with Gasteiger partial charge in [-0.15, -0.1) is 35.3 Å². The molecule has 1 aliphatic rings. The molecule has 0 bridgehead atoms. The number of halogens is 1. The second kappa shape index (κ2) is 12.7. The van der Waals surface area contributed by atoms with Gasteiger partial charge in [0.05, 0.1) is 5.00 Å². The maximum absolute atomic E-state index is 12.0. The highest BCUT2D eigenvalue weighted by Crippen LogP contribution is 2.24. The molecule has 0 spiro atoms. The standard InChI is InChI=1S/C21H29N5OS.HI/c1-22-21(23-12-9-19(27)24-16-17-6-3-2-4-7-17)25-18-10-13-26(14-11-18)20-8-5-15-28-20;/h2-8,15,18H,9-14,16H2,1H3,(H,24,27)(H2,22,23,25);1H. The van der Waals surface area contributed by atoms with E-state index in [1.54, 1.807) is 18.4 Å². The van der Waals surface area contributed by atoms with Gasteiger partial charge in [-0.3, -0.25) is 9.79 Å². The van der Waals surface area contributed by atoms with E-state index in [4.69, 9.17) is 0 Å². The number of amides is 1. The first-order valence-corrected chi connectivity index (χ1v) is 10.7. The van der Waals surface area contributed by atoms with Crippen molar-refractivity contribution >= 4 is 52.2 Å². The monoisotopic (exact) mass is 527 g/mol. The number of hydrogen-bond donors (Lipinski definition) is 3. The van der Waals surface area contributed by atoms with Gasteiger partial charge in [0, 0.05) is 45.7 Å². The van der Waals surface area contributed by atoms with Crippen molar-refractivity contribution in [2.24, 2.45) is 4.99 Å². The lowest BCUT2D eigenvalue weighted by atomic mass is 10.1. The summed E-state index contributed by atoms with van der Waals surface area (Å²) in [7, 11) is 1.77. The van der Waals surface area contributed by atoms with Crippen LogP contribution in [0.25, 0.3) is 0 Å². The van der Waals surface area contributed by atoms with Crippen molar-refractivity contribution in [2.45, 2.75) is 31.8 Å². The molecule has 2 heterocycles. The largest absolute Gasteiger partial charge is 0.363 e. The highest BCUT2D eigenvalue weighted by molar-refractivity contribution is 14.0. The number of aliphatic imine (C=N–C) groups is 1. The Kier molecular flexibility index (Phi) is 10.3. The van der Waals surface area contributed by atoms with Crippen molar-refractivity contribution in [3.63, 3.8) is 0 Å². The van der Waals surface area contributed by atoms with Crippen molar-refractivity contribution in [3.05, 3.63) is 53.4 Å². The van der Waals surface area contributed by atoms with Gasteiger partial charge in [0.25, 0.3) is 0 Å². The van der Waals surface area contributed by atoms with E-state index < -0.39 is 0 Å². The number of benzene rings is 1. The summed E-state index contributed by atoms with van der Waals surface area (Å²) >= 11 is 1.80. The Morgan fingerprint density at radius 1 is 1.14 bits per heavy atom. The Morgan fingerprint density at radius 3 is 2.55 bits per heavy atom. The topological polar surface area (TPSA) is 68.8 Å². The van der Waals surface area contributed by atoms with Crippen molar-refractivity contribution in [1.29, 1.82) is 0 Å². The summed E-state index contributed by atoms with van der Waals surface area (Å²) < 4.78 is 0. The van der Waals surface area contributed by atoms with Crippen LogP contribution in [0.2, 0.25) is 0 Å². The zero-order valence-electron chi connectivity index (χ0n) is 16.8. The molecule has 0 radical (unpaired) electrons. The summed E-state index contributed by atoms with van der Waals surface area (Å²) in [5, 5.41) is 13.2. The number of hydrogen-bond acceptors (Lipinski definition) is 4. The van der Waals surface area contributed by atoms with Crippen molar-refractivity contribution in [3.8, 4) is 0 Å². The number of carbonyl (C=O) groups excluding carboxylic acids is 1. The molecule has 0 unspecified atom stereocenters. The second-order valence-electron chi connectivity index (χ2n) is 6.87. The molecule has 29 heavy (non-hydrogen) atoms. The van der Waals surface area contributed by atoms with Crippen LogP contribution in [0, 0.1) is 0 Å². The Balaban J connectivity index is 0.00000300. The lowest BCUT2D eigenvalue weighted by molar-refractivity contribution is -0.121. The summed E-state index contributed by atoms with van der Waals surface area (Å²) in [6, 6.07) is 14.6. The smallest absolute Gasteiger partial charge is 0.222 e. The minimum Gasteiger partial charge on any atom is -0.363 e. The summed E-state index contributed by atoms with van der Waals surface area (Å²) in [5.41, 5.74) is 1.11. The van der Waals surface area contributed by atoms with Crippen LogP contribution in [0.5, 0.6) is 0 Å². The zero-order valence-corrected chi connectivity index (χ0v) is 19.9. The van der Waals surface area contributed by atoms with Gasteiger partial charge < -0.3 is 20.9 Å². The Labute approximate surface area is 194 Å². The maximum atomic E-state index is 12.0. The number of guanidine groups is 1. The zero-order chi connectivity index (χ0) is 19.6. The molecule has 3 N–H and O–H groups in total. The number of rotatable bonds is 7. The molecule has 1 aromatic heterocycles. The Bertz CT molecular complexity index is 746. The van der Waals surface area contributed by atoms with E-state index in [0.717, 1.165) is 37.5 Å². The predicted molar refractivity (Wildman–Crippen MR) is 132 cm³/mol. The van der Waals surface area contributed by atoms with Crippen LogP contribution < -0.4 is 20.9 Å². The van der Waals surface area contributed by atoms with E-state index in [-0.39, 0.29) is 29.9 Å². The van der Waals surface area contributed by atoms with Gasteiger partial charge in [-0.2, -0.15) is 0 Å². The molecule has 3 rings (SSSR count). The van der Waals surface area contributed by atoms with Crippen LogP contribution in [-0.4, -0.2) is 44.6 Å². The van der Waals surface area contributed by atoms with Gasteiger partial charge in [0.1, 0.15) is 0 Å². The molecule has 6 nitrogen and oxygen atoms in total. The van der Waals surface area contributed by atoms with E-state index >= 15 is 0 Å². The quantitative estimate of drug-likeness (QED) is 0.294. The molecule has 1 amide bonds. The van der Waals surface area contributed by atoms with Crippen LogP contribution in [-0.2, 0) is 11.3 Å². The highest BCUT2D eigenvalue weighted by atomic mass is 127. The summed E-state index contributed by atoms with van der Waals surface area (Å²) in [5.74, 6) is 0.807. The van der Waals surface area contributed by atoms with Gasteiger partial charge in [-0.05, 0) is 35.9 Å². The average molecular weight is 527 g/mol. The highest BCUT2D eigenvalue weighted by Gasteiger charge is 2.20. The summed E-state index contributed by atoms with van der Waals surface area (Å²) in [4.78, 5) is 18.7. The summed E-state index contributed by atoms with van der Waals surface area (Å²) in [6.07, 6.45) is 2.58. The van der Waals surface area contributed by atoms with Crippen LogP contribution in [0.3, 0.4) is 0 Å². The normalized spacial score (nSPS) is 14.8. The second-order valence-corrected chi connectivity index (χ2v) is 7.79. The molecule has 1 fully saturated rings. The van der Waals surface area contributed by atoms with Crippen molar-refractivity contribution < 1.29 is 4.79 Å². The number of piperidine rings is 1. The first-order valence-electron chi connectivity index (χ1n) is 9.81. The molecule has 2 aromatic rings. The van der Waals surface area contributed by atoms with Gasteiger partial charge >= 0.3 is 0 Å². The molecule has 158 valence electrons. The minimum absolute atomic E-state index is 0. The lowest BCUT2D eigenvalue weighted by Crippen LogP contribution is -2.49.